The van der Waals surface area contributed by atoms with Crippen molar-refractivity contribution in [2.75, 3.05) is 17.9 Å². The van der Waals surface area contributed by atoms with Gasteiger partial charge in [0.2, 0.25) is 0 Å². The van der Waals surface area contributed by atoms with Crippen molar-refractivity contribution in [3.05, 3.63) is 54.1 Å². The standard InChI is InChI=1S/C17H17F3N2O4S/c1-2-26-12-7-9-13(10-8-12)27(24,25)22-15-6-4-3-5-14(15)16(23)21-11-17(18,19)20/h3-10,22H,2,11H2,1H3,(H,21,23). The minimum Gasteiger partial charge on any atom is -0.494 e. The predicted octanol–water partition coefficient (Wildman–Crippen LogP) is 3.18. The van der Waals surface area contributed by atoms with Crippen molar-refractivity contribution in [3.8, 4) is 5.75 Å². The molecule has 0 aliphatic heterocycles. The fraction of sp³-hybridized carbons (Fsp3) is 0.235. The van der Waals surface area contributed by atoms with Crippen LogP contribution in [0.5, 0.6) is 5.75 Å². The third-order valence-electron chi connectivity index (χ3n) is 3.31. The average Bonchev–Trinajstić information content (AvgIpc) is 2.60. The fourth-order valence-electron chi connectivity index (χ4n) is 2.13. The van der Waals surface area contributed by atoms with Crippen LogP contribution in [0.2, 0.25) is 0 Å². The molecule has 146 valence electrons. The van der Waals surface area contributed by atoms with Crippen LogP contribution in [0.15, 0.2) is 53.4 Å². The van der Waals surface area contributed by atoms with Gasteiger partial charge in [-0.15, -0.1) is 0 Å². The number of alkyl halides is 3. The highest BCUT2D eigenvalue weighted by molar-refractivity contribution is 7.92. The van der Waals surface area contributed by atoms with Gasteiger partial charge in [-0.3, -0.25) is 9.52 Å². The third kappa shape index (κ3) is 5.88. The first-order valence-corrected chi connectivity index (χ1v) is 9.30. The number of carbonyl (C=O) groups excluding carboxylic acids is 1. The van der Waals surface area contributed by atoms with Crippen LogP contribution in [-0.4, -0.2) is 33.7 Å². The van der Waals surface area contributed by atoms with Gasteiger partial charge in [-0.1, -0.05) is 12.1 Å². The molecule has 0 aliphatic carbocycles. The maximum atomic E-state index is 12.5. The van der Waals surface area contributed by atoms with E-state index < -0.39 is 28.7 Å². The molecule has 0 atom stereocenters. The monoisotopic (exact) mass is 402 g/mol. The van der Waals surface area contributed by atoms with E-state index in [4.69, 9.17) is 4.74 Å². The number of halogens is 3. The van der Waals surface area contributed by atoms with Crippen molar-refractivity contribution in [3.63, 3.8) is 0 Å². The molecule has 0 saturated carbocycles. The van der Waals surface area contributed by atoms with Crippen LogP contribution in [0.4, 0.5) is 18.9 Å². The maximum absolute atomic E-state index is 12.5. The molecule has 0 fully saturated rings. The summed E-state index contributed by atoms with van der Waals surface area (Å²) in [5.41, 5.74) is -0.359. The summed E-state index contributed by atoms with van der Waals surface area (Å²) in [4.78, 5) is 11.9. The molecule has 0 aliphatic rings. The smallest absolute Gasteiger partial charge is 0.405 e. The molecule has 0 unspecified atom stereocenters. The molecular weight excluding hydrogens is 385 g/mol. The van der Waals surface area contributed by atoms with Crippen LogP contribution in [-0.2, 0) is 10.0 Å². The number of benzene rings is 2. The Labute approximate surface area is 154 Å². The summed E-state index contributed by atoms with van der Waals surface area (Å²) in [7, 11) is -4.05. The average molecular weight is 402 g/mol. The van der Waals surface area contributed by atoms with Gasteiger partial charge in [0.15, 0.2) is 0 Å². The first-order valence-electron chi connectivity index (χ1n) is 7.82. The molecule has 2 rings (SSSR count). The lowest BCUT2D eigenvalue weighted by Crippen LogP contribution is -2.34. The Hall–Kier alpha value is -2.75. The highest BCUT2D eigenvalue weighted by Crippen LogP contribution is 2.22. The minimum absolute atomic E-state index is 0.0866. The molecule has 1 amide bonds. The van der Waals surface area contributed by atoms with E-state index in [2.05, 4.69) is 4.72 Å². The van der Waals surface area contributed by atoms with E-state index in [1.807, 2.05) is 0 Å². The van der Waals surface area contributed by atoms with Gasteiger partial charge in [0.05, 0.1) is 22.8 Å². The van der Waals surface area contributed by atoms with Crippen molar-refractivity contribution >= 4 is 21.6 Å². The molecule has 0 bridgehead atoms. The maximum Gasteiger partial charge on any atom is 0.405 e. The molecule has 6 nitrogen and oxygen atoms in total. The number of sulfonamides is 1. The van der Waals surface area contributed by atoms with E-state index in [0.29, 0.717) is 12.4 Å². The van der Waals surface area contributed by atoms with Crippen molar-refractivity contribution in [1.82, 2.24) is 5.32 Å². The summed E-state index contributed by atoms with van der Waals surface area (Å²) in [5, 5.41) is 1.71. The first-order chi connectivity index (χ1) is 12.6. The zero-order valence-electron chi connectivity index (χ0n) is 14.2. The summed E-state index contributed by atoms with van der Waals surface area (Å²) < 4.78 is 69.3. The second kappa shape index (κ2) is 8.30. The van der Waals surface area contributed by atoms with Gasteiger partial charge in [0, 0.05) is 0 Å². The van der Waals surface area contributed by atoms with E-state index >= 15 is 0 Å². The van der Waals surface area contributed by atoms with Crippen molar-refractivity contribution in [2.45, 2.75) is 18.0 Å². The molecule has 10 heteroatoms. The molecule has 0 aromatic heterocycles. The Morgan fingerprint density at radius 1 is 1.07 bits per heavy atom. The summed E-state index contributed by atoms with van der Waals surface area (Å²) in [5.74, 6) is -0.555. The van der Waals surface area contributed by atoms with E-state index in [1.165, 1.54) is 48.5 Å². The van der Waals surface area contributed by atoms with Gasteiger partial charge < -0.3 is 10.1 Å². The predicted molar refractivity (Wildman–Crippen MR) is 93.2 cm³/mol. The number of carbonyl (C=O) groups is 1. The molecular formula is C17H17F3N2O4S. The molecule has 2 aromatic rings. The highest BCUT2D eigenvalue weighted by atomic mass is 32.2. The van der Waals surface area contributed by atoms with Gasteiger partial charge in [-0.25, -0.2) is 8.42 Å². The van der Waals surface area contributed by atoms with E-state index in [0.717, 1.165) is 0 Å². The lowest BCUT2D eigenvalue weighted by atomic mass is 10.1. The number of rotatable bonds is 7. The largest absolute Gasteiger partial charge is 0.494 e. The van der Waals surface area contributed by atoms with Crippen LogP contribution in [0.1, 0.15) is 17.3 Å². The fourth-order valence-corrected chi connectivity index (χ4v) is 3.21. The Bertz CT molecular complexity index is 897. The van der Waals surface area contributed by atoms with Crippen LogP contribution >= 0.6 is 0 Å². The number of hydrogen-bond acceptors (Lipinski definition) is 4. The second-order valence-electron chi connectivity index (χ2n) is 5.35. The molecule has 0 radical (unpaired) electrons. The highest BCUT2D eigenvalue weighted by Gasteiger charge is 2.28. The van der Waals surface area contributed by atoms with Gasteiger partial charge >= 0.3 is 6.18 Å². The van der Waals surface area contributed by atoms with Crippen molar-refractivity contribution in [1.29, 1.82) is 0 Å². The number of ether oxygens (including phenoxy) is 1. The first kappa shape index (κ1) is 20.6. The molecule has 27 heavy (non-hydrogen) atoms. The number of hydrogen-bond donors (Lipinski definition) is 2. The second-order valence-corrected chi connectivity index (χ2v) is 7.04. The van der Waals surface area contributed by atoms with Crippen molar-refractivity contribution < 1.29 is 31.1 Å². The van der Waals surface area contributed by atoms with Gasteiger partial charge in [0.25, 0.3) is 15.9 Å². The van der Waals surface area contributed by atoms with Gasteiger partial charge in [0.1, 0.15) is 12.3 Å². The molecule has 0 spiro atoms. The van der Waals surface area contributed by atoms with Crippen LogP contribution in [0, 0.1) is 0 Å². The topological polar surface area (TPSA) is 84.5 Å². The van der Waals surface area contributed by atoms with Crippen LogP contribution in [0.3, 0.4) is 0 Å². The summed E-state index contributed by atoms with van der Waals surface area (Å²) in [6.07, 6.45) is -4.58. The number of amides is 1. The summed E-state index contributed by atoms with van der Waals surface area (Å²) in [6.45, 7) is 0.684. The SMILES string of the molecule is CCOc1ccc(S(=O)(=O)Nc2ccccc2C(=O)NCC(F)(F)F)cc1. The Morgan fingerprint density at radius 2 is 1.70 bits per heavy atom. The lowest BCUT2D eigenvalue weighted by Gasteiger charge is -2.14. The van der Waals surface area contributed by atoms with Gasteiger partial charge in [-0.05, 0) is 43.3 Å². The Balaban J connectivity index is 2.22. The zero-order chi connectivity index (χ0) is 20.1. The Morgan fingerprint density at radius 3 is 2.30 bits per heavy atom. The van der Waals surface area contributed by atoms with E-state index in [1.54, 1.807) is 12.2 Å². The molecule has 0 heterocycles. The quantitative estimate of drug-likeness (QED) is 0.745. The normalized spacial score (nSPS) is 11.7. The molecule has 2 N–H and O–H groups in total. The lowest BCUT2D eigenvalue weighted by molar-refractivity contribution is -0.123. The van der Waals surface area contributed by atoms with Gasteiger partial charge in [-0.2, -0.15) is 13.2 Å². The number of nitrogens with one attached hydrogen (secondary N) is 2. The summed E-state index contributed by atoms with van der Waals surface area (Å²) >= 11 is 0. The van der Waals surface area contributed by atoms with Crippen molar-refractivity contribution in [2.24, 2.45) is 0 Å². The Kier molecular flexibility index (Phi) is 6.32. The van der Waals surface area contributed by atoms with Crippen LogP contribution < -0.4 is 14.8 Å². The summed E-state index contributed by atoms with van der Waals surface area (Å²) in [6, 6.07) is 11.0. The minimum atomic E-state index is -4.58. The number of anilines is 1. The van der Waals surface area contributed by atoms with Crippen LogP contribution in [0.25, 0.3) is 0 Å². The van der Waals surface area contributed by atoms with E-state index in [9.17, 15) is 26.4 Å². The number of para-hydroxylation sites is 1. The van der Waals surface area contributed by atoms with E-state index in [-0.39, 0.29) is 16.1 Å². The molecule has 2 aromatic carbocycles. The third-order valence-corrected chi connectivity index (χ3v) is 4.69. The molecule has 0 saturated heterocycles. The zero-order valence-corrected chi connectivity index (χ0v) is 15.0.